The van der Waals surface area contributed by atoms with Crippen LogP contribution in [0.25, 0.3) is 0 Å². The van der Waals surface area contributed by atoms with Crippen LogP contribution in [0.3, 0.4) is 0 Å². The van der Waals surface area contributed by atoms with Gasteiger partial charge in [0.1, 0.15) is 19.0 Å². The van der Waals surface area contributed by atoms with Crippen LogP contribution in [0.1, 0.15) is 18.2 Å². The van der Waals surface area contributed by atoms with Gasteiger partial charge in [0.05, 0.1) is 32.0 Å². The summed E-state index contributed by atoms with van der Waals surface area (Å²) in [5.41, 5.74) is 4.23. The number of nitrogens with one attached hydrogen (secondary N) is 1. The molecule has 1 aliphatic rings. The van der Waals surface area contributed by atoms with Crippen molar-refractivity contribution in [2.24, 2.45) is 5.10 Å². The molecule has 0 atom stereocenters. The topological polar surface area (TPSA) is 91.3 Å². The van der Waals surface area contributed by atoms with Gasteiger partial charge in [-0.15, -0.1) is 11.3 Å². The average molecular weight is 377 g/mol. The quantitative estimate of drug-likeness (QED) is 0.450. The standard InChI is InChI=1S/C17H19N3O5S/c1-3-23-16(21)7-12-10-26-17(19-12)20-18-9-11-6-14-15(8-13(11)22-2)25-5-4-24-14/h6,8-10H,3-5,7H2,1-2H3,(H,19,20). The van der Waals surface area contributed by atoms with E-state index in [1.54, 1.807) is 31.7 Å². The van der Waals surface area contributed by atoms with E-state index in [0.717, 1.165) is 5.56 Å². The molecule has 1 N–H and O–H groups in total. The largest absolute Gasteiger partial charge is 0.496 e. The van der Waals surface area contributed by atoms with Crippen LogP contribution in [0.2, 0.25) is 0 Å². The SMILES string of the molecule is CCOC(=O)Cc1csc(NN=Cc2cc3c(cc2OC)OCCO3)n1. The van der Waals surface area contributed by atoms with Gasteiger partial charge >= 0.3 is 5.97 Å². The van der Waals surface area contributed by atoms with Crippen LogP contribution in [-0.4, -0.2) is 44.1 Å². The number of nitrogens with zero attached hydrogens (tertiary/aromatic N) is 2. The first-order chi connectivity index (χ1) is 12.7. The molecule has 0 unspecified atom stereocenters. The second kappa shape index (κ2) is 8.52. The van der Waals surface area contributed by atoms with Crippen LogP contribution in [0.5, 0.6) is 17.2 Å². The minimum atomic E-state index is -0.297. The Kier molecular flexibility index (Phi) is 5.90. The fourth-order valence-electron chi connectivity index (χ4n) is 2.32. The fraction of sp³-hybridized carbons (Fsp3) is 0.353. The Morgan fingerprint density at radius 3 is 2.88 bits per heavy atom. The van der Waals surface area contributed by atoms with Crippen molar-refractivity contribution in [2.45, 2.75) is 13.3 Å². The van der Waals surface area contributed by atoms with Crippen molar-refractivity contribution in [3.63, 3.8) is 0 Å². The molecule has 0 aliphatic carbocycles. The predicted molar refractivity (Wildman–Crippen MR) is 97.7 cm³/mol. The number of aromatic nitrogens is 1. The number of carbonyl (C=O) groups excluding carboxylic acids is 1. The number of anilines is 1. The third kappa shape index (κ3) is 4.42. The van der Waals surface area contributed by atoms with Crippen LogP contribution < -0.4 is 19.6 Å². The van der Waals surface area contributed by atoms with Gasteiger partial charge in [0.2, 0.25) is 5.13 Å². The maximum absolute atomic E-state index is 11.5. The van der Waals surface area contributed by atoms with Crippen LogP contribution in [0.4, 0.5) is 5.13 Å². The minimum Gasteiger partial charge on any atom is -0.496 e. The number of hydrogen-bond acceptors (Lipinski definition) is 9. The van der Waals surface area contributed by atoms with Gasteiger partial charge in [-0.2, -0.15) is 5.10 Å². The monoisotopic (exact) mass is 377 g/mol. The molecule has 1 aromatic heterocycles. The summed E-state index contributed by atoms with van der Waals surface area (Å²) in [5.74, 6) is 1.64. The van der Waals surface area contributed by atoms with E-state index in [4.69, 9.17) is 18.9 Å². The van der Waals surface area contributed by atoms with Crippen molar-refractivity contribution >= 4 is 28.7 Å². The molecule has 138 valence electrons. The zero-order chi connectivity index (χ0) is 18.4. The minimum absolute atomic E-state index is 0.145. The molecular weight excluding hydrogens is 358 g/mol. The van der Waals surface area contributed by atoms with E-state index in [0.29, 0.717) is 47.9 Å². The lowest BCUT2D eigenvalue weighted by Gasteiger charge is -2.19. The Labute approximate surface area is 154 Å². The van der Waals surface area contributed by atoms with Crippen LogP contribution in [-0.2, 0) is 16.0 Å². The van der Waals surface area contributed by atoms with Gasteiger partial charge in [-0.25, -0.2) is 4.98 Å². The second-order valence-corrected chi connectivity index (χ2v) is 6.09. The summed E-state index contributed by atoms with van der Waals surface area (Å²) in [5, 5.41) is 6.55. The molecule has 0 spiro atoms. The molecule has 0 radical (unpaired) electrons. The average Bonchev–Trinajstić information content (AvgIpc) is 3.08. The number of thiazole rings is 1. The normalized spacial score (nSPS) is 12.8. The predicted octanol–water partition coefficient (Wildman–Crippen LogP) is 2.47. The van der Waals surface area contributed by atoms with E-state index in [1.807, 2.05) is 6.07 Å². The van der Waals surface area contributed by atoms with E-state index in [2.05, 4.69) is 15.5 Å². The fourth-order valence-corrected chi connectivity index (χ4v) is 2.98. The van der Waals surface area contributed by atoms with Crippen molar-refractivity contribution in [1.82, 2.24) is 4.98 Å². The van der Waals surface area contributed by atoms with E-state index >= 15 is 0 Å². The Hall–Kier alpha value is -2.81. The Morgan fingerprint density at radius 2 is 2.15 bits per heavy atom. The smallest absolute Gasteiger partial charge is 0.311 e. The van der Waals surface area contributed by atoms with Crippen LogP contribution in [0.15, 0.2) is 22.6 Å². The van der Waals surface area contributed by atoms with Crippen LogP contribution >= 0.6 is 11.3 Å². The van der Waals surface area contributed by atoms with Crippen LogP contribution in [0, 0.1) is 0 Å². The highest BCUT2D eigenvalue weighted by atomic mass is 32.1. The van der Waals surface area contributed by atoms with E-state index in [9.17, 15) is 4.79 Å². The first-order valence-corrected chi connectivity index (χ1v) is 8.94. The molecule has 3 rings (SSSR count). The molecule has 2 aromatic rings. The van der Waals surface area contributed by atoms with E-state index in [-0.39, 0.29) is 12.4 Å². The summed E-state index contributed by atoms with van der Waals surface area (Å²) >= 11 is 1.36. The van der Waals surface area contributed by atoms with Crippen molar-refractivity contribution in [3.8, 4) is 17.2 Å². The molecule has 0 fully saturated rings. The molecule has 8 nitrogen and oxygen atoms in total. The van der Waals surface area contributed by atoms with Gasteiger partial charge in [0, 0.05) is 17.0 Å². The number of rotatable bonds is 7. The maximum Gasteiger partial charge on any atom is 0.311 e. The lowest BCUT2D eigenvalue weighted by molar-refractivity contribution is -0.142. The highest BCUT2D eigenvalue weighted by molar-refractivity contribution is 7.13. The number of fused-ring (bicyclic) bond motifs is 1. The van der Waals surface area contributed by atoms with Gasteiger partial charge in [0.25, 0.3) is 0 Å². The summed E-state index contributed by atoms with van der Waals surface area (Å²) in [6.07, 6.45) is 1.76. The lowest BCUT2D eigenvalue weighted by Crippen LogP contribution is -2.15. The Balaban J connectivity index is 1.65. The number of carbonyl (C=O) groups is 1. The van der Waals surface area contributed by atoms with Gasteiger partial charge in [-0.05, 0) is 13.0 Å². The first kappa shape index (κ1) is 18.0. The van der Waals surface area contributed by atoms with Gasteiger partial charge in [-0.1, -0.05) is 0 Å². The molecule has 1 aromatic carbocycles. The third-order valence-electron chi connectivity index (χ3n) is 3.44. The van der Waals surface area contributed by atoms with Gasteiger partial charge in [0.15, 0.2) is 11.5 Å². The molecular formula is C17H19N3O5S. The van der Waals surface area contributed by atoms with Crippen molar-refractivity contribution in [2.75, 3.05) is 32.4 Å². The number of ether oxygens (including phenoxy) is 4. The summed E-state index contributed by atoms with van der Waals surface area (Å²) < 4.78 is 21.4. The Bertz CT molecular complexity index is 806. The molecule has 9 heteroatoms. The van der Waals surface area contributed by atoms with Gasteiger partial charge < -0.3 is 18.9 Å². The molecule has 26 heavy (non-hydrogen) atoms. The summed E-state index contributed by atoms with van der Waals surface area (Å²) in [6, 6.07) is 3.59. The van der Waals surface area contributed by atoms with Crippen molar-refractivity contribution in [1.29, 1.82) is 0 Å². The van der Waals surface area contributed by atoms with Gasteiger partial charge in [-0.3, -0.25) is 10.2 Å². The number of hydrazone groups is 1. The molecule has 0 bridgehead atoms. The highest BCUT2D eigenvalue weighted by Crippen LogP contribution is 2.36. The number of hydrogen-bond donors (Lipinski definition) is 1. The molecule has 0 saturated heterocycles. The summed E-state index contributed by atoms with van der Waals surface area (Å²) in [6.45, 7) is 3.16. The molecule has 1 aliphatic heterocycles. The molecule has 0 saturated carbocycles. The maximum atomic E-state index is 11.5. The zero-order valence-corrected chi connectivity index (χ0v) is 15.3. The summed E-state index contributed by atoms with van der Waals surface area (Å²) in [7, 11) is 1.58. The molecule has 0 amide bonds. The second-order valence-electron chi connectivity index (χ2n) is 5.23. The van der Waals surface area contributed by atoms with Crippen molar-refractivity contribution < 1.29 is 23.7 Å². The highest BCUT2D eigenvalue weighted by Gasteiger charge is 2.15. The third-order valence-corrected chi connectivity index (χ3v) is 4.24. The number of esters is 1. The number of methoxy groups -OCH3 is 1. The zero-order valence-electron chi connectivity index (χ0n) is 14.5. The van der Waals surface area contributed by atoms with E-state index in [1.165, 1.54) is 11.3 Å². The van der Waals surface area contributed by atoms with Crippen molar-refractivity contribution in [3.05, 3.63) is 28.8 Å². The number of benzene rings is 1. The first-order valence-electron chi connectivity index (χ1n) is 8.06. The Morgan fingerprint density at radius 1 is 1.38 bits per heavy atom. The van der Waals surface area contributed by atoms with E-state index < -0.39 is 0 Å². The summed E-state index contributed by atoms with van der Waals surface area (Å²) in [4.78, 5) is 15.8. The molecule has 2 heterocycles. The lowest BCUT2D eigenvalue weighted by atomic mass is 10.2.